The minimum Gasteiger partial charge on any atom is -0.382 e. The molecule has 220 valence electrons. The van der Waals surface area contributed by atoms with Crippen molar-refractivity contribution in [3.05, 3.63) is 61.1 Å². The van der Waals surface area contributed by atoms with E-state index >= 15 is 0 Å². The molecule has 4 heterocycles. The second-order valence-electron chi connectivity index (χ2n) is 11.3. The van der Waals surface area contributed by atoms with Gasteiger partial charge in [0.15, 0.2) is 5.82 Å². The Morgan fingerprint density at radius 1 is 0.976 bits per heavy atom. The van der Waals surface area contributed by atoms with E-state index in [1.165, 1.54) is 24.7 Å². The summed E-state index contributed by atoms with van der Waals surface area (Å²) < 4.78 is 39.7. The maximum absolute atomic E-state index is 13.6. The Kier molecular flexibility index (Phi) is 7.86. The Labute approximate surface area is 244 Å². The molecular weight excluding hydrogens is 557 g/mol. The van der Waals surface area contributed by atoms with E-state index < -0.39 is 15.8 Å². The smallest absolute Gasteiger partial charge is 0.256 e. The number of halogens is 1. The molecule has 4 aromatic heterocycles. The van der Waals surface area contributed by atoms with Crippen molar-refractivity contribution in [1.29, 1.82) is 0 Å². The molecule has 0 aromatic carbocycles. The monoisotopic (exact) mass is 591 g/mol. The Hall–Kier alpha value is -3.97. The summed E-state index contributed by atoms with van der Waals surface area (Å²) in [5.74, 6) is 1.69. The van der Waals surface area contributed by atoms with Gasteiger partial charge >= 0.3 is 0 Å². The van der Waals surface area contributed by atoms with E-state index in [0.717, 1.165) is 47.6 Å². The Bertz CT molecular complexity index is 1650. The summed E-state index contributed by atoms with van der Waals surface area (Å²) in [4.78, 5) is 20.0. The topological polar surface area (TPSA) is 131 Å². The standard InChI is InChI=1S/C29H34FN9O2S/c1-38(2)17-19-3-6-22(7-4-19)35-26-13-28(33-16-24(26)25-10-5-21(30)15-32-25)36-27-11-12-31-29(37-27)20-14-34-39(18-20)42(40,41)23-8-9-23/h5,10-16,18-19,22-23H,3-4,6-9,17H2,1-2H3,(H2,31,33,35,36,37). The SMILES string of the molecule is CN(C)CC1CCC(Nc2cc(Nc3ccnc(-c4cnn(S(=O)(=O)C5CC5)c4)n3)ncc2-c2ccc(F)cn2)CC1. The average Bonchev–Trinajstić information content (AvgIpc) is 3.72. The lowest BCUT2D eigenvalue weighted by Crippen LogP contribution is -2.31. The first kappa shape index (κ1) is 28.2. The lowest BCUT2D eigenvalue weighted by Gasteiger charge is -2.31. The van der Waals surface area contributed by atoms with Gasteiger partial charge in [-0.25, -0.2) is 27.8 Å². The Morgan fingerprint density at radius 3 is 2.50 bits per heavy atom. The number of aromatic nitrogens is 6. The highest BCUT2D eigenvalue weighted by molar-refractivity contribution is 7.90. The van der Waals surface area contributed by atoms with Gasteiger partial charge in [-0.1, -0.05) is 0 Å². The highest BCUT2D eigenvalue weighted by Gasteiger charge is 2.37. The number of nitrogens with zero attached hydrogens (tertiary/aromatic N) is 7. The molecule has 11 nitrogen and oxygen atoms in total. The number of pyridine rings is 2. The van der Waals surface area contributed by atoms with Crippen molar-refractivity contribution in [2.45, 2.75) is 49.8 Å². The molecule has 6 rings (SSSR count). The molecule has 2 saturated carbocycles. The number of hydrogen-bond acceptors (Lipinski definition) is 10. The molecule has 42 heavy (non-hydrogen) atoms. The van der Waals surface area contributed by atoms with Crippen LogP contribution in [0.2, 0.25) is 0 Å². The van der Waals surface area contributed by atoms with E-state index in [-0.39, 0.29) is 5.25 Å². The van der Waals surface area contributed by atoms with Crippen LogP contribution in [0.1, 0.15) is 38.5 Å². The van der Waals surface area contributed by atoms with E-state index in [4.69, 9.17) is 0 Å². The van der Waals surface area contributed by atoms with Crippen LogP contribution in [0.4, 0.5) is 21.7 Å². The quantitative estimate of drug-likeness (QED) is 0.271. The second kappa shape index (κ2) is 11.7. The molecular formula is C29H34FN9O2S. The predicted molar refractivity (Wildman–Crippen MR) is 159 cm³/mol. The molecule has 0 aliphatic heterocycles. The molecule has 2 fully saturated rings. The first-order valence-corrected chi connectivity index (χ1v) is 15.7. The van der Waals surface area contributed by atoms with Crippen LogP contribution in [-0.4, -0.2) is 74.4 Å². The van der Waals surface area contributed by atoms with E-state index in [1.54, 1.807) is 24.5 Å². The summed E-state index contributed by atoms with van der Waals surface area (Å²) in [7, 11) is 0.755. The van der Waals surface area contributed by atoms with Crippen molar-refractivity contribution in [1.82, 2.24) is 34.0 Å². The van der Waals surface area contributed by atoms with E-state index in [0.29, 0.717) is 53.5 Å². The molecule has 2 N–H and O–H groups in total. The van der Waals surface area contributed by atoms with Crippen LogP contribution in [0.15, 0.2) is 55.2 Å². The van der Waals surface area contributed by atoms with Crippen LogP contribution < -0.4 is 10.6 Å². The van der Waals surface area contributed by atoms with Crippen molar-refractivity contribution in [3.8, 4) is 22.6 Å². The molecule has 4 aromatic rings. The van der Waals surface area contributed by atoms with Crippen LogP contribution in [0.25, 0.3) is 22.6 Å². The van der Waals surface area contributed by atoms with Gasteiger partial charge in [0.25, 0.3) is 10.0 Å². The molecule has 0 bridgehead atoms. The zero-order valence-electron chi connectivity index (χ0n) is 23.6. The van der Waals surface area contributed by atoms with Crippen molar-refractivity contribution in [3.63, 3.8) is 0 Å². The normalized spacial score (nSPS) is 19.1. The maximum Gasteiger partial charge on any atom is 0.256 e. The number of anilines is 3. The molecule has 0 radical (unpaired) electrons. The van der Waals surface area contributed by atoms with Crippen molar-refractivity contribution >= 4 is 27.3 Å². The van der Waals surface area contributed by atoms with Gasteiger partial charge < -0.3 is 15.5 Å². The summed E-state index contributed by atoms with van der Waals surface area (Å²) >= 11 is 0. The zero-order chi connectivity index (χ0) is 29.3. The second-order valence-corrected chi connectivity index (χ2v) is 13.4. The van der Waals surface area contributed by atoms with Crippen LogP contribution in [-0.2, 0) is 10.0 Å². The van der Waals surface area contributed by atoms with Crippen molar-refractivity contribution < 1.29 is 12.8 Å². The largest absolute Gasteiger partial charge is 0.382 e. The maximum atomic E-state index is 13.6. The third-order valence-electron chi connectivity index (χ3n) is 7.67. The zero-order valence-corrected chi connectivity index (χ0v) is 24.4. The Balaban J connectivity index is 1.23. The highest BCUT2D eigenvalue weighted by atomic mass is 32.2. The molecule has 0 amide bonds. The van der Waals surface area contributed by atoms with Crippen molar-refractivity contribution in [2.24, 2.45) is 5.92 Å². The van der Waals surface area contributed by atoms with Crippen LogP contribution >= 0.6 is 0 Å². The summed E-state index contributed by atoms with van der Waals surface area (Å²) in [6.07, 6.45) is 13.2. The molecule has 2 aliphatic rings. The van der Waals surface area contributed by atoms with Crippen LogP contribution in [0, 0.1) is 11.7 Å². The lowest BCUT2D eigenvalue weighted by atomic mass is 9.85. The highest BCUT2D eigenvalue weighted by Crippen LogP contribution is 2.34. The first-order chi connectivity index (χ1) is 20.2. The average molecular weight is 592 g/mol. The third kappa shape index (κ3) is 6.41. The van der Waals surface area contributed by atoms with Crippen molar-refractivity contribution in [2.75, 3.05) is 31.3 Å². The van der Waals surface area contributed by atoms with Crippen LogP contribution in [0.5, 0.6) is 0 Å². The van der Waals surface area contributed by atoms with Gasteiger partial charge in [0.1, 0.15) is 17.5 Å². The molecule has 0 spiro atoms. The first-order valence-electron chi connectivity index (χ1n) is 14.2. The summed E-state index contributed by atoms with van der Waals surface area (Å²) in [6.45, 7) is 1.10. The van der Waals surface area contributed by atoms with Gasteiger partial charge in [-0.2, -0.15) is 9.19 Å². The van der Waals surface area contributed by atoms with Gasteiger partial charge in [-0.05, 0) is 76.7 Å². The summed E-state index contributed by atoms with van der Waals surface area (Å²) in [5.41, 5.74) is 2.76. The molecule has 13 heteroatoms. The van der Waals surface area contributed by atoms with Gasteiger partial charge in [-0.15, -0.1) is 0 Å². The summed E-state index contributed by atoms with van der Waals surface area (Å²) in [5, 5.41) is 10.6. The van der Waals surface area contributed by atoms with E-state index in [1.807, 2.05) is 6.07 Å². The van der Waals surface area contributed by atoms with Crippen LogP contribution in [0.3, 0.4) is 0 Å². The molecule has 0 saturated heterocycles. The number of rotatable bonds is 10. The molecule has 0 unspecified atom stereocenters. The fourth-order valence-electron chi connectivity index (χ4n) is 5.38. The number of nitrogens with one attached hydrogen (secondary N) is 2. The predicted octanol–water partition coefficient (Wildman–Crippen LogP) is 4.55. The van der Waals surface area contributed by atoms with Gasteiger partial charge in [0, 0.05) is 42.3 Å². The van der Waals surface area contributed by atoms with Gasteiger partial charge in [-0.3, -0.25) is 4.98 Å². The third-order valence-corrected chi connectivity index (χ3v) is 9.71. The Morgan fingerprint density at radius 2 is 1.79 bits per heavy atom. The summed E-state index contributed by atoms with van der Waals surface area (Å²) in [6, 6.07) is 6.97. The van der Waals surface area contributed by atoms with Gasteiger partial charge in [0.2, 0.25) is 0 Å². The lowest BCUT2D eigenvalue weighted by molar-refractivity contribution is 0.255. The molecule has 2 aliphatic carbocycles. The van der Waals surface area contributed by atoms with Gasteiger partial charge in [0.05, 0.1) is 35.1 Å². The van der Waals surface area contributed by atoms with E-state index in [9.17, 15) is 12.8 Å². The molecule has 0 atom stereocenters. The fraction of sp³-hybridized carbons (Fsp3) is 0.414. The minimum atomic E-state index is -3.48. The van der Waals surface area contributed by atoms with E-state index in [2.05, 4.69) is 54.7 Å². The fourth-order valence-corrected chi connectivity index (χ4v) is 6.86. The number of hydrogen-bond donors (Lipinski definition) is 2. The minimum absolute atomic E-state index is 0.298.